The van der Waals surface area contributed by atoms with Gasteiger partial charge in [0.2, 0.25) is 5.82 Å². The number of aromatic nitrogens is 3. The quantitative estimate of drug-likeness (QED) is 0.540. The van der Waals surface area contributed by atoms with Crippen LogP contribution in [0.2, 0.25) is 0 Å². The van der Waals surface area contributed by atoms with E-state index in [1.165, 1.54) is 17.5 Å². The molecule has 0 spiro atoms. The molecule has 0 aromatic carbocycles. The van der Waals surface area contributed by atoms with Gasteiger partial charge in [0.1, 0.15) is 5.65 Å². The molecule has 0 unspecified atom stereocenters. The Morgan fingerprint density at radius 2 is 2.22 bits per heavy atom. The van der Waals surface area contributed by atoms with E-state index in [-0.39, 0.29) is 12.4 Å². The van der Waals surface area contributed by atoms with Crippen LogP contribution in [-0.4, -0.2) is 26.3 Å². The van der Waals surface area contributed by atoms with E-state index >= 15 is 0 Å². The summed E-state index contributed by atoms with van der Waals surface area (Å²) in [5, 5.41) is 19.5. The minimum Gasteiger partial charge on any atom is -0.365 e. The Hall–Kier alpha value is -3.01. The maximum absolute atomic E-state index is 12.3. The molecule has 0 aliphatic rings. The zero-order chi connectivity index (χ0) is 16.4. The highest BCUT2D eigenvalue weighted by Gasteiger charge is 2.23. The standard InChI is InChI=1S/C13H12N6O3S/c1-14-13-16-8(7-23-13)6-15-11-10(19(21)22)12(20)18-5-3-2-4-9(18)17-11/h2-5,7,15H,6H2,1H3,(H,14,16). The summed E-state index contributed by atoms with van der Waals surface area (Å²) in [6.45, 7) is 0.231. The van der Waals surface area contributed by atoms with Crippen molar-refractivity contribution in [2.45, 2.75) is 6.54 Å². The molecule has 3 aromatic rings. The third-order valence-corrected chi connectivity index (χ3v) is 4.00. The summed E-state index contributed by atoms with van der Waals surface area (Å²) in [4.78, 5) is 31.2. The first-order chi connectivity index (χ1) is 11.1. The lowest BCUT2D eigenvalue weighted by atomic mass is 10.4. The Morgan fingerprint density at radius 3 is 2.91 bits per heavy atom. The van der Waals surface area contributed by atoms with Gasteiger partial charge in [0.15, 0.2) is 5.13 Å². The fourth-order valence-electron chi connectivity index (χ4n) is 2.04. The number of pyridine rings is 1. The van der Waals surface area contributed by atoms with Crippen molar-refractivity contribution in [2.75, 3.05) is 17.7 Å². The van der Waals surface area contributed by atoms with Crippen LogP contribution < -0.4 is 16.2 Å². The van der Waals surface area contributed by atoms with Crippen molar-refractivity contribution in [2.24, 2.45) is 0 Å². The van der Waals surface area contributed by atoms with Gasteiger partial charge in [0.05, 0.1) is 17.2 Å². The zero-order valence-electron chi connectivity index (χ0n) is 12.0. The van der Waals surface area contributed by atoms with Gasteiger partial charge in [-0.1, -0.05) is 6.07 Å². The molecule has 0 atom stereocenters. The van der Waals surface area contributed by atoms with Gasteiger partial charge in [-0.3, -0.25) is 19.3 Å². The molecule has 3 rings (SSSR count). The van der Waals surface area contributed by atoms with E-state index in [1.54, 1.807) is 25.2 Å². The molecule has 0 saturated carbocycles. The van der Waals surface area contributed by atoms with Crippen molar-refractivity contribution in [3.05, 3.63) is 55.9 Å². The Kier molecular flexibility index (Phi) is 3.89. The van der Waals surface area contributed by atoms with Crippen molar-refractivity contribution >= 4 is 33.6 Å². The molecule has 0 radical (unpaired) electrons. The second-order valence-corrected chi connectivity index (χ2v) is 5.41. The fraction of sp³-hybridized carbons (Fsp3) is 0.154. The molecule has 118 valence electrons. The van der Waals surface area contributed by atoms with Gasteiger partial charge in [-0.05, 0) is 12.1 Å². The molecule has 3 heterocycles. The lowest BCUT2D eigenvalue weighted by Crippen LogP contribution is -2.21. The number of nitrogens with zero attached hydrogens (tertiary/aromatic N) is 4. The number of hydrogen-bond donors (Lipinski definition) is 2. The van der Waals surface area contributed by atoms with Crippen LogP contribution in [0.1, 0.15) is 5.69 Å². The third-order valence-electron chi connectivity index (χ3n) is 3.10. The molecular formula is C13H12N6O3S. The minimum atomic E-state index is -0.725. The van der Waals surface area contributed by atoms with Gasteiger partial charge in [0, 0.05) is 18.6 Å². The van der Waals surface area contributed by atoms with E-state index in [2.05, 4.69) is 20.6 Å². The number of hydrogen-bond acceptors (Lipinski definition) is 8. The highest BCUT2D eigenvalue weighted by Crippen LogP contribution is 2.20. The van der Waals surface area contributed by atoms with E-state index in [4.69, 9.17) is 0 Å². The maximum atomic E-state index is 12.3. The van der Waals surface area contributed by atoms with Crippen molar-refractivity contribution in [3.8, 4) is 0 Å². The van der Waals surface area contributed by atoms with Gasteiger partial charge in [-0.15, -0.1) is 11.3 Å². The Morgan fingerprint density at radius 1 is 1.39 bits per heavy atom. The van der Waals surface area contributed by atoms with E-state index < -0.39 is 16.2 Å². The second kappa shape index (κ2) is 6.01. The molecule has 0 amide bonds. The summed E-state index contributed by atoms with van der Waals surface area (Å²) in [7, 11) is 1.76. The molecule has 23 heavy (non-hydrogen) atoms. The molecule has 10 heteroatoms. The summed E-state index contributed by atoms with van der Waals surface area (Å²) in [6.07, 6.45) is 1.45. The predicted molar refractivity (Wildman–Crippen MR) is 87.1 cm³/mol. The monoisotopic (exact) mass is 332 g/mol. The van der Waals surface area contributed by atoms with Gasteiger partial charge < -0.3 is 10.6 Å². The lowest BCUT2D eigenvalue weighted by Gasteiger charge is -2.06. The summed E-state index contributed by atoms with van der Waals surface area (Å²) in [6, 6.07) is 4.93. The summed E-state index contributed by atoms with van der Waals surface area (Å²) >= 11 is 1.42. The maximum Gasteiger partial charge on any atom is 0.376 e. The first-order valence-electron chi connectivity index (χ1n) is 6.62. The van der Waals surface area contributed by atoms with E-state index in [9.17, 15) is 14.9 Å². The number of anilines is 2. The SMILES string of the molecule is CNc1nc(CNc2nc3ccccn3c(=O)c2[N+](=O)[O-])cs1. The average Bonchev–Trinajstić information content (AvgIpc) is 3.00. The van der Waals surface area contributed by atoms with Crippen LogP contribution in [0.4, 0.5) is 16.6 Å². The van der Waals surface area contributed by atoms with E-state index in [1.807, 2.05) is 5.38 Å². The number of fused-ring (bicyclic) bond motifs is 1. The van der Waals surface area contributed by atoms with Crippen LogP contribution >= 0.6 is 11.3 Å². The Labute approximate surface area is 133 Å². The largest absolute Gasteiger partial charge is 0.376 e. The van der Waals surface area contributed by atoms with E-state index in [0.717, 1.165) is 9.53 Å². The highest BCUT2D eigenvalue weighted by atomic mass is 32.1. The van der Waals surface area contributed by atoms with Gasteiger partial charge in [0.25, 0.3) is 0 Å². The first-order valence-corrected chi connectivity index (χ1v) is 7.50. The molecule has 3 aromatic heterocycles. The molecule has 0 bridgehead atoms. The van der Waals surface area contributed by atoms with Gasteiger partial charge in [-0.25, -0.2) is 9.97 Å². The molecule has 0 fully saturated rings. The molecular weight excluding hydrogens is 320 g/mol. The fourth-order valence-corrected chi connectivity index (χ4v) is 2.72. The van der Waals surface area contributed by atoms with Crippen molar-refractivity contribution in [1.82, 2.24) is 14.4 Å². The van der Waals surface area contributed by atoms with Crippen LogP contribution in [-0.2, 0) is 6.54 Å². The number of nitro groups is 1. The third kappa shape index (κ3) is 2.83. The molecule has 0 aliphatic carbocycles. The van der Waals surface area contributed by atoms with Crippen molar-refractivity contribution in [3.63, 3.8) is 0 Å². The topological polar surface area (TPSA) is 114 Å². The van der Waals surface area contributed by atoms with Crippen LogP contribution in [0.25, 0.3) is 5.65 Å². The smallest absolute Gasteiger partial charge is 0.365 e. The minimum absolute atomic E-state index is 0.0646. The van der Waals surface area contributed by atoms with Gasteiger partial charge in [-0.2, -0.15) is 0 Å². The van der Waals surface area contributed by atoms with Crippen LogP contribution in [0.3, 0.4) is 0 Å². The molecule has 0 aliphatic heterocycles. The van der Waals surface area contributed by atoms with Crippen molar-refractivity contribution in [1.29, 1.82) is 0 Å². The number of thiazole rings is 1. The van der Waals surface area contributed by atoms with Crippen LogP contribution in [0, 0.1) is 10.1 Å². The number of nitrogens with one attached hydrogen (secondary N) is 2. The Bertz CT molecular complexity index is 935. The van der Waals surface area contributed by atoms with Crippen molar-refractivity contribution < 1.29 is 4.92 Å². The average molecular weight is 332 g/mol. The summed E-state index contributed by atoms with van der Waals surface area (Å²) in [5.74, 6) is -0.0646. The first kappa shape index (κ1) is 14.9. The normalized spacial score (nSPS) is 10.7. The molecule has 2 N–H and O–H groups in total. The Balaban J connectivity index is 2.00. The van der Waals surface area contributed by atoms with Gasteiger partial charge >= 0.3 is 11.2 Å². The molecule has 0 saturated heterocycles. The highest BCUT2D eigenvalue weighted by molar-refractivity contribution is 7.13. The zero-order valence-corrected chi connectivity index (χ0v) is 12.8. The van der Waals surface area contributed by atoms with E-state index in [0.29, 0.717) is 11.3 Å². The number of rotatable bonds is 5. The second-order valence-electron chi connectivity index (χ2n) is 4.55. The van der Waals surface area contributed by atoms with Crippen LogP contribution in [0.5, 0.6) is 0 Å². The van der Waals surface area contributed by atoms with Crippen LogP contribution in [0.15, 0.2) is 34.6 Å². The summed E-state index contributed by atoms with van der Waals surface area (Å²) in [5.41, 5.74) is -0.279. The summed E-state index contributed by atoms with van der Waals surface area (Å²) < 4.78 is 1.14. The molecule has 9 nitrogen and oxygen atoms in total. The predicted octanol–water partition coefficient (Wildman–Crippen LogP) is 1.71. The lowest BCUT2D eigenvalue weighted by molar-refractivity contribution is -0.385.